The summed E-state index contributed by atoms with van der Waals surface area (Å²) < 4.78 is 20.7. The van der Waals surface area contributed by atoms with Crippen LogP contribution in [0.4, 0.5) is 4.39 Å². The maximum Gasteiger partial charge on any atom is 0.251 e. The number of thioether (sulfide) groups is 1. The molecule has 6 nitrogen and oxygen atoms in total. The molecular weight excluding hydrogens is 511 g/mol. The van der Waals surface area contributed by atoms with Crippen molar-refractivity contribution in [1.82, 2.24) is 20.1 Å². The van der Waals surface area contributed by atoms with Gasteiger partial charge >= 0.3 is 0 Å². The molecule has 1 amide bonds. The smallest absolute Gasteiger partial charge is 0.251 e. The second-order valence-electron chi connectivity index (χ2n) is 8.96. The Morgan fingerprint density at radius 1 is 0.949 bits per heavy atom. The summed E-state index contributed by atoms with van der Waals surface area (Å²) in [5.41, 5.74) is 5.27. The van der Waals surface area contributed by atoms with Crippen molar-refractivity contribution in [1.29, 1.82) is 0 Å². The molecule has 0 bridgehead atoms. The van der Waals surface area contributed by atoms with Gasteiger partial charge in [0, 0.05) is 29.1 Å². The van der Waals surface area contributed by atoms with Gasteiger partial charge in [0.1, 0.15) is 11.6 Å². The number of carbonyl (C=O) groups is 1. The molecule has 196 valence electrons. The Labute approximate surface area is 230 Å². The molecule has 5 aromatic rings. The fourth-order valence-electron chi connectivity index (χ4n) is 4.13. The first-order valence-electron chi connectivity index (χ1n) is 12.4. The third-order valence-corrected chi connectivity index (χ3v) is 7.22. The lowest BCUT2D eigenvalue weighted by molar-refractivity contribution is 0.0950. The predicted molar refractivity (Wildman–Crippen MR) is 152 cm³/mol. The Bertz CT molecular complexity index is 1580. The first-order chi connectivity index (χ1) is 19.0. The summed E-state index contributed by atoms with van der Waals surface area (Å²) in [7, 11) is 1.64. The molecule has 8 heteroatoms. The highest BCUT2D eigenvalue weighted by Gasteiger charge is 2.18. The molecule has 0 unspecified atom stereocenters. The molecule has 0 aliphatic heterocycles. The lowest BCUT2D eigenvalue weighted by Gasteiger charge is -2.13. The van der Waals surface area contributed by atoms with Crippen molar-refractivity contribution < 1.29 is 13.9 Å². The van der Waals surface area contributed by atoms with Crippen molar-refractivity contribution in [3.63, 3.8) is 0 Å². The van der Waals surface area contributed by atoms with Crippen LogP contribution >= 0.6 is 11.8 Å². The van der Waals surface area contributed by atoms with E-state index in [4.69, 9.17) is 4.74 Å². The maximum absolute atomic E-state index is 13.2. The van der Waals surface area contributed by atoms with Crippen LogP contribution in [0.1, 0.15) is 27.0 Å². The molecule has 5 rings (SSSR count). The normalized spacial score (nSPS) is 10.8. The second kappa shape index (κ2) is 12.0. The van der Waals surface area contributed by atoms with Crippen molar-refractivity contribution in [2.45, 2.75) is 24.4 Å². The quantitative estimate of drug-likeness (QED) is 0.214. The molecule has 0 spiro atoms. The minimum absolute atomic E-state index is 0.187. The van der Waals surface area contributed by atoms with E-state index in [9.17, 15) is 9.18 Å². The van der Waals surface area contributed by atoms with Gasteiger partial charge in [-0.15, -0.1) is 10.2 Å². The summed E-state index contributed by atoms with van der Waals surface area (Å²) in [5, 5.41) is 12.7. The lowest BCUT2D eigenvalue weighted by atomic mass is 10.1. The van der Waals surface area contributed by atoms with Gasteiger partial charge in [-0.05, 0) is 60.5 Å². The van der Waals surface area contributed by atoms with Gasteiger partial charge in [-0.25, -0.2) is 4.39 Å². The van der Waals surface area contributed by atoms with E-state index in [1.807, 2.05) is 72.2 Å². The van der Waals surface area contributed by atoms with E-state index >= 15 is 0 Å². The number of carbonyl (C=O) groups excluding carboxylic acids is 1. The molecule has 0 aliphatic carbocycles. The molecule has 0 radical (unpaired) electrons. The van der Waals surface area contributed by atoms with E-state index in [0.717, 1.165) is 33.7 Å². The molecule has 0 atom stereocenters. The van der Waals surface area contributed by atoms with Crippen LogP contribution in [-0.4, -0.2) is 27.8 Å². The topological polar surface area (TPSA) is 69.0 Å². The molecule has 0 saturated heterocycles. The first-order valence-corrected chi connectivity index (χ1v) is 13.4. The first kappa shape index (κ1) is 26.2. The van der Waals surface area contributed by atoms with Gasteiger partial charge in [0.2, 0.25) is 0 Å². The average molecular weight is 539 g/mol. The maximum atomic E-state index is 13.2. The minimum Gasteiger partial charge on any atom is -0.497 e. The summed E-state index contributed by atoms with van der Waals surface area (Å²) in [6.07, 6.45) is 0. The highest BCUT2D eigenvalue weighted by Crippen LogP contribution is 2.31. The van der Waals surface area contributed by atoms with Gasteiger partial charge in [-0.3, -0.25) is 9.36 Å². The molecule has 1 aromatic heterocycles. The zero-order valence-corrected chi connectivity index (χ0v) is 22.4. The van der Waals surface area contributed by atoms with Gasteiger partial charge < -0.3 is 10.1 Å². The Hall–Kier alpha value is -4.43. The van der Waals surface area contributed by atoms with Crippen LogP contribution in [0, 0.1) is 12.7 Å². The van der Waals surface area contributed by atoms with Crippen molar-refractivity contribution in [2.75, 3.05) is 7.11 Å². The zero-order chi connectivity index (χ0) is 27.2. The number of nitrogens with zero attached hydrogens (tertiary/aromatic N) is 3. The van der Waals surface area contributed by atoms with Gasteiger partial charge in [0.25, 0.3) is 5.91 Å². The number of rotatable bonds is 9. The third kappa shape index (κ3) is 6.18. The van der Waals surface area contributed by atoms with E-state index in [1.54, 1.807) is 19.2 Å². The number of nitrogens with one attached hydrogen (secondary N) is 1. The summed E-state index contributed by atoms with van der Waals surface area (Å²) in [6.45, 7) is 2.36. The van der Waals surface area contributed by atoms with E-state index in [0.29, 0.717) is 28.8 Å². The number of benzene rings is 4. The number of hydrogen-bond acceptors (Lipinski definition) is 5. The number of aryl methyl sites for hydroxylation is 1. The van der Waals surface area contributed by atoms with Crippen LogP contribution in [0.15, 0.2) is 102 Å². The number of ether oxygens (including phenoxy) is 1. The summed E-state index contributed by atoms with van der Waals surface area (Å²) >= 11 is 1.51. The van der Waals surface area contributed by atoms with Crippen molar-refractivity contribution in [2.24, 2.45) is 0 Å². The fraction of sp³-hybridized carbons (Fsp3) is 0.129. The third-order valence-electron chi connectivity index (χ3n) is 6.24. The molecule has 0 saturated carbocycles. The largest absolute Gasteiger partial charge is 0.497 e. The van der Waals surface area contributed by atoms with E-state index in [-0.39, 0.29) is 11.7 Å². The summed E-state index contributed by atoms with van der Waals surface area (Å²) in [5.74, 6) is 1.46. The molecule has 39 heavy (non-hydrogen) atoms. The molecular formula is C31H27FN4O2S. The van der Waals surface area contributed by atoms with Crippen LogP contribution in [-0.2, 0) is 12.3 Å². The van der Waals surface area contributed by atoms with Crippen LogP contribution in [0.25, 0.3) is 17.1 Å². The zero-order valence-electron chi connectivity index (χ0n) is 21.6. The summed E-state index contributed by atoms with van der Waals surface area (Å²) in [6, 6.07) is 29.5. The fourth-order valence-corrected chi connectivity index (χ4v) is 5.08. The number of aromatic nitrogens is 3. The van der Waals surface area contributed by atoms with Crippen molar-refractivity contribution in [3.8, 4) is 22.8 Å². The highest BCUT2D eigenvalue weighted by molar-refractivity contribution is 7.98. The van der Waals surface area contributed by atoms with Crippen LogP contribution in [0.2, 0.25) is 0 Å². The van der Waals surface area contributed by atoms with Crippen LogP contribution in [0.5, 0.6) is 5.75 Å². The molecule has 1 heterocycles. The lowest BCUT2D eigenvalue weighted by Crippen LogP contribution is -2.23. The van der Waals surface area contributed by atoms with Gasteiger partial charge in [0.05, 0.1) is 7.11 Å². The van der Waals surface area contributed by atoms with E-state index < -0.39 is 0 Å². The second-order valence-corrected chi connectivity index (χ2v) is 9.91. The van der Waals surface area contributed by atoms with Gasteiger partial charge in [-0.1, -0.05) is 71.9 Å². The Morgan fingerprint density at radius 3 is 2.49 bits per heavy atom. The summed E-state index contributed by atoms with van der Waals surface area (Å²) in [4.78, 5) is 13.0. The van der Waals surface area contributed by atoms with E-state index in [1.165, 1.54) is 23.9 Å². The highest BCUT2D eigenvalue weighted by atomic mass is 32.2. The molecule has 1 N–H and O–H groups in total. The Kier molecular flexibility index (Phi) is 8.03. The van der Waals surface area contributed by atoms with E-state index in [2.05, 4.69) is 27.6 Å². The molecule has 4 aromatic carbocycles. The van der Waals surface area contributed by atoms with Crippen LogP contribution < -0.4 is 10.1 Å². The van der Waals surface area contributed by atoms with Gasteiger partial charge in [-0.2, -0.15) is 0 Å². The number of methoxy groups -OCH3 is 1. The van der Waals surface area contributed by atoms with Crippen LogP contribution in [0.3, 0.4) is 0 Å². The van der Waals surface area contributed by atoms with Crippen molar-refractivity contribution >= 4 is 17.7 Å². The predicted octanol–water partition coefficient (Wildman–Crippen LogP) is 6.61. The van der Waals surface area contributed by atoms with Crippen molar-refractivity contribution in [3.05, 3.63) is 125 Å². The number of hydrogen-bond donors (Lipinski definition) is 1. The number of halogens is 1. The molecule has 0 fully saturated rings. The monoisotopic (exact) mass is 538 g/mol. The Morgan fingerprint density at radius 2 is 1.72 bits per heavy atom. The molecule has 0 aliphatic rings. The Balaban J connectivity index is 1.40. The minimum atomic E-state index is -0.305. The standard InChI is InChI=1S/C31H27FN4O2S/c1-21-10-16-26(17-11-21)36-29(23-7-5-8-27(18-23)38-2)34-35-31(36)39-20-24-6-3-4-9-28(24)30(37)33-19-22-12-14-25(32)15-13-22/h3-18H,19-20H2,1-2H3,(H,33,37). The SMILES string of the molecule is COc1cccc(-c2nnc(SCc3ccccc3C(=O)NCc3ccc(F)cc3)n2-c2ccc(C)cc2)c1. The van der Waals surface area contributed by atoms with Gasteiger partial charge in [0.15, 0.2) is 11.0 Å². The number of amides is 1. The average Bonchev–Trinajstić information content (AvgIpc) is 3.40.